The molecular formula is C30H23BrN4OS. The number of carbonyl (C=O) groups is 1. The molecule has 1 spiro atoms. The van der Waals surface area contributed by atoms with Crippen LogP contribution in [0.4, 0.5) is 11.4 Å². The molecule has 2 aliphatic heterocycles. The van der Waals surface area contributed by atoms with Gasteiger partial charge in [0, 0.05) is 28.1 Å². The molecule has 2 aliphatic rings. The SMILES string of the molecule is CC(=O)C1=NN(c2ccc(Br)cc2)C2(S1)c1ccccc1C(c1ccc(C)cc1)=NN2c1ccccc1. The topological polar surface area (TPSA) is 48.3 Å². The molecule has 0 saturated heterocycles. The number of benzene rings is 4. The monoisotopic (exact) mass is 566 g/mol. The van der Waals surface area contributed by atoms with Gasteiger partial charge in [0.15, 0.2) is 10.8 Å². The summed E-state index contributed by atoms with van der Waals surface area (Å²) in [5.74, 6) is -0.0807. The van der Waals surface area contributed by atoms with Gasteiger partial charge in [-0.3, -0.25) is 4.79 Å². The standard InChI is InChI=1S/C30H23BrN4OS/c1-20-12-14-22(15-13-20)28-26-10-6-7-11-27(26)30(34(32-28)24-8-4-3-5-9-24)35(33-29(37-30)21(2)36)25-18-16-23(31)17-19-25/h3-19H,1-2H3. The Hall–Kier alpha value is -3.68. The summed E-state index contributed by atoms with van der Waals surface area (Å²) in [4.78, 5) is 11.8. The van der Waals surface area contributed by atoms with E-state index in [0.717, 1.165) is 38.2 Å². The zero-order chi connectivity index (χ0) is 25.6. The molecule has 4 aromatic rings. The third-order valence-corrected chi connectivity index (χ3v) is 8.38. The van der Waals surface area contributed by atoms with E-state index in [0.29, 0.717) is 5.04 Å². The van der Waals surface area contributed by atoms with Gasteiger partial charge < -0.3 is 0 Å². The Kier molecular flexibility index (Phi) is 5.97. The van der Waals surface area contributed by atoms with Gasteiger partial charge >= 0.3 is 0 Å². The first-order chi connectivity index (χ1) is 18.0. The van der Waals surface area contributed by atoms with Gasteiger partial charge in [0.1, 0.15) is 0 Å². The highest BCUT2D eigenvalue weighted by atomic mass is 79.9. The molecule has 182 valence electrons. The summed E-state index contributed by atoms with van der Waals surface area (Å²) in [7, 11) is 0. The molecule has 7 heteroatoms. The minimum absolute atomic E-state index is 0.0807. The lowest BCUT2D eigenvalue weighted by atomic mass is 9.93. The largest absolute Gasteiger partial charge is 0.292 e. The molecule has 4 aromatic carbocycles. The molecule has 6 rings (SSSR count). The molecule has 0 radical (unpaired) electrons. The summed E-state index contributed by atoms with van der Waals surface area (Å²) in [6.07, 6.45) is 0. The number of aryl methyl sites for hydroxylation is 1. The number of thioether (sulfide) groups is 1. The maximum absolute atomic E-state index is 12.7. The van der Waals surface area contributed by atoms with Crippen LogP contribution in [0.5, 0.6) is 0 Å². The van der Waals surface area contributed by atoms with E-state index in [2.05, 4.69) is 59.3 Å². The van der Waals surface area contributed by atoms with Crippen LogP contribution in [0, 0.1) is 6.92 Å². The van der Waals surface area contributed by atoms with Gasteiger partial charge in [-0.1, -0.05) is 88.2 Å². The third-order valence-electron chi connectivity index (χ3n) is 6.44. The summed E-state index contributed by atoms with van der Waals surface area (Å²) in [5, 5.41) is 14.6. The van der Waals surface area contributed by atoms with Crippen LogP contribution < -0.4 is 10.0 Å². The number of hydrogen-bond acceptors (Lipinski definition) is 6. The fraction of sp³-hybridized carbons (Fsp3) is 0.100. The molecule has 0 N–H and O–H groups in total. The van der Waals surface area contributed by atoms with Crippen LogP contribution in [0.25, 0.3) is 0 Å². The third kappa shape index (κ3) is 3.99. The van der Waals surface area contributed by atoms with Gasteiger partial charge in [-0.2, -0.15) is 10.2 Å². The summed E-state index contributed by atoms with van der Waals surface area (Å²) < 4.78 is 0.969. The van der Waals surface area contributed by atoms with Crippen LogP contribution in [0.1, 0.15) is 29.2 Å². The Labute approximate surface area is 228 Å². The second kappa shape index (κ2) is 9.32. The lowest BCUT2D eigenvalue weighted by molar-refractivity contribution is -0.110. The number of fused-ring (bicyclic) bond motifs is 2. The van der Waals surface area contributed by atoms with E-state index >= 15 is 0 Å². The average Bonchev–Trinajstić information content (AvgIpc) is 3.32. The molecule has 0 aromatic heterocycles. The molecule has 0 fully saturated rings. The molecule has 1 unspecified atom stereocenters. The van der Waals surface area contributed by atoms with E-state index in [1.807, 2.05) is 76.7 Å². The molecule has 37 heavy (non-hydrogen) atoms. The van der Waals surface area contributed by atoms with Crippen molar-refractivity contribution in [3.05, 3.63) is 130 Å². The van der Waals surface area contributed by atoms with Crippen molar-refractivity contribution in [1.82, 2.24) is 0 Å². The van der Waals surface area contributed by atoms with Gasteiger partial charge in [-0.15, -0.1) is 0 Å². The zero-order valence-corrected chi connectivity index (χ0v) is 22.7. The van der Waals surface area contributed by atoms with Crippen LogP contribution in [0.15, 0.2) is 118 Å². The molecule has 1 atom stereocenters. The summed E-state index contributed by atoms with van der Waals surface area (Å²) in [5.41, 5.74) is 6.87. The second-order valence-corrected chi connectivity index (χ2v) is 11.0. The predicted octanol–water partition coefficient (Wildman–Crippen LogP) is 7.30. The van der Waals surface area contributed by atoms with Crippen molar-refractivity contribution >= 4 is 55.6 Å². The van der Waals surface area contributed by atoms with Crippen molar-refractivity contribution in [3.63, 3.8) is 0 Å². The predicted molar refractivity (Wildman–Crippen MR) is 156 cm³/mol. The van der Waals surface area contributed by atoms with Crippen molar-refractivity contribution in [2.24, 2.45) is 10.2 Å². The molecule has 0 amide bonds. The summed E-state index contributed by atoms with van der Waals surface area (Å²) in [6, 6.07) is 34.8. The first-order valence-electron chi connectivity index (χ1n) is 11.9. The number of hydrazone groups is 2. The number of nitrogens with zero attached hydrogens (tertiary/aromatic N) is 4. The van der Waals surface area contributed by atoms with Crippen LogP contribution in [0.3, 0.4) is 0 Å². The van der Waals surface area contributed by atoms with E-state index in [9.17, 15) is 4.79 Å². The van der Waals surface area contributed by atoms with Crippen LogP contribution in [-0.2, 0) is 9.79 Å². The van der Waals surface area contributed by atoms with E-state index in [4.69, 9.17) is 10.2 Å². The molecule has 0 saturated carbocycles. The lowest BCUT2D eigenvalue weighted by Crippen LogP contribution is -2.54. The van der Waals surface area contributed by atoms with E-state index in [1.165, 1.54) is 17.3 Å². The Balaban J connectivity index is 1.66. The number of ketones is 1. The maximum Gasteiger partial charge on any atom is 0.234 e. The van der Waals surface area contributed by atoms with Gasteiger partial charge in [0.25, 0.3) is 0 Å². The highest BCUT2D eigenvalue weighted by Gasteiger charge is 2.55. The molecule has 0 aliphatic carbocycles. The molecule has 0 bridgehead atoms. The quantitative estimate of drug-likeness (QED) is 0.260. The normalized spacial score (nSPS) is 18.5. The minimum atomic E-state index is -0.943. The van der Waals surface area contributed by atoms with Crippen molar-refractivity contribution in [2.45, 2.75) is 18.8 Å². The van der Waals surface area contributed by atoms with Gasteiger partial charge in [0.05, 0.1) is 17.1 Å². The summed E-state index contributed by atoms with van der Waals surface area (Å²) >= 11 is 4.97. The number of rotatable bonds is 4. The highest BCUT2D eigenvalue weighted by Crippen LogP contribution is 2.55. The number of Topliss-reactive ketones (excluding diaryl/α,β-unsaturated/α-hetero) is 1. The van der Waals surface area contributed by atoms with Crippen LogP contribution in [-0.4, -0.2) is 16.5 Å². The molecular weight excluding hydrogens is 544 g/mol. The van der Waals surface area contributed by atoms with Crippen molar-refractivity contribution in [2.75, 3.05) is 10.0 Å². The highest BCUT2D eigenvalue weighted by molar-refractivity contribution is 9.10. The van der Waals surface area contributed by atoms with E-state index < -0.39 is 4.99 Å². The number of halogens is 1. The molecule has 2 heterocycles. The Morgan fingerprint density at radius 1 is 0.784 bits per heavy atom. The Morgan fingerprint density at radius 3 is 2.11 bits per heavy atom. The Morgan fingerprint density at radius 2 is 1.41 bits per heavy atom. The number of hydrogen-bond donors (Lipinski definition) is 0. The van der Waals surface area contributed by atoms with E-state index in [1.54, 1.807) is 6.92 Å². The van der Waals surface area contributed by atoms with Gasteiger partial charge in [-0.05, 0) is 55.1 Å². The van der Waals surface area contributed by atoms with Crippen molar-refractivity contribution in [3.8, 4) is 0 Å². The zero-order valence-electron chi connectivity index (χ0n) is 20.3. The Bertz CT molecular complexity index is 1550. The minimum Gasteiger partial charge on any atom is -0.292 e. The van der Waals surface area contributed by atoms with Crippen LogP contribution in [0.2, 0.25) is 0 Å². The van der Waals surface area contributed by atoms with Crippen LogP contribution >= 0.6 is 27.7 Å². The van der Waals surface area contributed by atoms with Gasteiger partial charge in [-0.25, -0.2) is 10.0 Å². The van der Waals surface area contributed by atoms with Crippen molar-refractivity contribution in [1.29, 1.82) is 0 Å². The van der Waals surface area contributed by atoms with E-state index in [-0.39, 0.29) is 5.78 Å². The lowest BCUT2D eigenvalue weighted by Gasteiger charge is -2.47. The first-order valence-corrected chi connectivity index (χ1v) is 13.5. The fourth-order valence-electron chi connectivity index (χ4n) is 4.65. The number of anilines is 2. The van der Waals surface area contributed by atoms with Crippen molar-refractivity contribution < 1.29 is 4.79 Å². The number of para-hydroxylation sites is 1. The smallest absolute Gasteiger partial charge is 0.234 e. The maximum atomic E-state index is 12.7. The average molecular weight is 568 g/mol. The molecule has 5 nitrogen and oxygen atoms in total. The summed E-state index contributed by atoms with van der Waals surface area (Å²) in [6.45, 7) is 3.64. The number of carbonyl (C=O) groups excluding carboxylic acids is 1. The first kappa shape index (κ1) is 23.7. The second-order valence-electron chi connectivity index (χ2n) is 8.97. The fourth-order valence-corrected chi connectivity index (χ4v) is 6.21. The van der Waals surface area contributed by atoms with Gasteiger partial charge in [0.2, 0.25) is 4.99 Å².